The van der Waals surface area contributed by atoms with Gasteiger partial charge in [-0.3, -0.25) is 4.79 Å². The van der Waals surface area contributed by atoms with E-state index in [1.807, 2.05) is 0 Å². The summed E-state index contributed by atoms with van der Waals surface area (Å²) in [7, 11) is 0. The molecule has 2 heterocycles. The van der Waals surface area contributed by atoms with Gasteiger partial charge in [-0.2, -0.15) is 0 Å². The monoisotopic (exact) mass is 246 g/mol. The van der Waals surface area contributed by atoms with E-state index in [0.717, 1.165) is 0 Å². The quantitative estimate of drug-likeness (QED) is 0.725. The highest BCUT2D eigenvalue weighted by molar-refractivity contribution is 5.91. The fraction of sp³-hybridized carbons (Fsp3) is 0.0909. The van der Waals surface area contributed by atoms with E-state index in [1.54, 1.807) is 6.07 Å². The van der Waals surface area contributed by atoms with Gasteiger partial charge in [0.2, 0.25) is 0 Å². The van der Waals surface area contributed by atoms with Gasteiger partial charge in [0.1, 0.15) is 11.4 Å². The summed E-state index contributed by atoms with van der Waals surface area (Å²) < 4.78 is 0. The van der Waals surface area contributed by atoms with Gasteiger partial charge in [0.05, 0.1) is 12.5 Å². The molecule has 7 heteroatoms. The first-order valence-corrected chi connectivity index (χ1v) is 5.11. The van der Waals surface area contributed by atoms with Crippen LogP contribution in [0, 0.1) is 0 Å². The van der Waals surface area contributed by atoms with Crippen LogP contribution in [0.2, 0.25) is 0 Å². The van der Waals surface area contributed by atoms with Crippen LogP contribution < -0.4 is 5.32 Å². The van der Waals surface area contributed by atoms with Crippen LogP contribution in [0.1, 0.15) is 26.5 Å². The van der Waals surface area contributed by atoms with Crippen LogP contribution in [-0.4, -0.2) is 31.9 Å². The SMILES string of the molecule is O=C(O)c1ccc(CNC(=O)c2cnc[nH]2)cn1. The molecule has 0 unspecified atom stereocenters. The lowest BCUT2D eigenvalue weighted by Crippen LogP contribution is -2.23. The van der Waals surface area contributed by atoms with Crippen molar-refractivity contribution in [2.75, 3.05) is 0 Å². The Morgan fingerprint density at radius 1 is 1.33 bits per heavy atom. The molecule has 7 nitrogen and oxygen atoms in total. The zero-order valence-corrected chi connectivity index (χ0v) is 9.25. The summed E-state index contributed by atoms with van der Waals surface area (Å²) in [6.45, 7) is 0.269. The van der Waals surface area contributed by atoms with Crippen molar-refractivity contribution in [3.63, 3.8) is 0 Å². The number of amides is 1. The minimum absolute atomic E-state index is 0.0290. The number of aromatic carboxylic acids is 1. The third-order valence-corrected chi connectivity index (χ3v) is 2.24. The number of nitrogens with zero attached hydrogens (tertiary/aromatic N) is 2. The van der Waals surface area contributed by atoms with Gasteiger partial charge in [0.25, 0.3) is 5.91 Å². The summed E-state index contributed by atoms with van der Waals surface area (Å²) in [6.07, 6.45) is 4.25. The number of pyridine rings is 1. The second-order valence-electron chi connectivity index (χ2n) is 3.50. The van der Waals surface area contributed by atoms with Crippen molar-refractivity contribution in [3.05, 3.63) is 47.8 Å². The Morgan fingerprint density at radius 2 is 2.17 bits per heavy atom. The average Bonchev–Trinajstić information content (AvgIpc) is 2.90. The normalized spacial score (nSPS) is 10.0. The standard InChI is InChI=1S/C11H10N4O3/c16-10(9-5-12-6-15-9)14-4-7-1-2-8(11(17)18)13-3-7/h1-3,5-6H,4H2,(H,12,15)(H,14,16)(H,17,18). The fourth-order valence-corrected chi connectivity index (χ4v) is 1.31. The highest BCUT2D eigenvalue weighted by Crippen LogP contribution is 2.01. The van der Waals surface area contributed by atoms with Crippen molar-refractivity contribution in [1.29, 1.82) is 0 Å². The van der Waals surface area contributed by atoms with Crippen LogP contribution in [0.4, 0.5) is 0 Å². The average molecular weight is 246 g/mol. The number of hydrogen-bond acceptors (Lipinski definition) is 4. The number of carbonyl (C=O) groups is 2. The predicted octanol–water partition coefficient (Wildman–Crippen LogP) is 0.433. The van der Waals surface area contributed by atoms with Gasteiger partial charge in [-0.15, -0.1) is 0 Å². The van der Waals surface area contributed by atoms with Gasteiger partial charge >= 0.3 is 5.97 Å². The number of H-pyrrole nitrogens is 1. The molecule has 0 atom stereocenters. The molecule has 3 N–H and O–H groups in total. The van der Waals surface area contributed by atoms with Crippen LogP contribution in [0.25, 0.3) is 0 Å². The summed E-state index contributed by atoms with van der Waals surface area (Å²) in [6, 6.07) is 2.99. The van der Waals surface area contributed by atoms with E-state index >= 15 is 0 Å². The Bertz CT molecular complexity index is 548. The molecule has 0 aliphatic heterocycles. The van der Waals surface area contributed by atoms with Crippen molar-refractivity contribution in [3.8, 4) is 0 Å². The molecule has 0 bridgehead atoms. The molecule has 0 spiro atoms. The largest absolute Gasteiger partial charge is 0.477 e. The Morgan fingerprint density at radius 3 is 2.72 bits per heavy atom. The summed E-state index contributed by atoms with van der Waals surface area (Å²) in [5, 5.41) is 11.3. The first kappa shape index (κ1) is 11.8. The first-order chi connectivity index (χ1) is 8.66. The van der Waals surface area contributed by atoms with Crippen LogP contribution >= 0.6 is 0 Å². The third kappa shape index (κ3) is 2.70. The molecule has 0 fully saturated rings. The predicted molar refractivity (Wildman–Crippen MR) is 61.0 cm³/mol. The molecule has 0 aromatic carbocycles. The van der Waals surface area contributed by atoms with Crippen molar-refractivity contribution in [2.45, 2.75) is 6.54 Å². The summed E-state index contributed by atoms with van der Waals surface area (Å²) in [5.74, 6) is -1.36. The number of aromatic amines is 1. The maximum atomic E-state index is 11.6. The molecule has 2 aromatic heterocycles. The molecule has 0 aliphatic rings. The second-order valence-corrected chi connectivity index (χ2v) is 3.50. The molecule has 0 saturated carbocycles. The van der Waals surface area contributed by atoms with Gasteiger partial charge in [0.15, 0.2) is 0 Å². The summed E-state index contributed by atoms with van der Waals surface area (Å²) in [5.41, 5.74) is 1.05. The number of imidazole rings is 1. The van der Waals surface area contributed by atoms with Crippen LogP contribution in [-0.2, 0) is 6.54 Å². The van der Waals surface area contributed by atoms with E-state index in [-0.39, 0.29) is 18.1 Å². The number of aromatic nitrogens is 3. The van der Waals surface area contributed by atoms with Crippen molar-refractivity contribution in [1.82, 2.24) is 20.3 Å². The minimum Gasteiger partial charge on any atom is -0.477 e. The molecule has 2 rings (SSSR count). The zero-order chi connectivity index (χ0) is 13.0. The Labute approximate surface area is 102 Å². The number of carboxylic acids is 1. The highest BCUT2D eigenvalue weighted by Gasteiger charge is 2.07. The number of rotatable bonds is 4. The lowest BCUT2D eigenvalue weighted by Gasteiger charge is -2.03. The topological polar surface area (TPSA) is 108 Å². The maximum Gasteiger partial charge on any atom is 0.354 e. The van der Waals surface area contributed by atoms with Crippen LogP contribution in [0.5, 0.6) is 0 Å². The zero-order valence-electron chi connectivity index (χ0n) is 9.25. The van der Waals surface area contributed by atoms with E-state index in [4.69, 9.17) is 5.11 Å². The molecular weight excluding hydrogens is 236 g/mol. The first-order valence-electron chi connectivity index (χ1n) is 5.11. The molecule has 18 heavy (non-hydrogen) atoms. The number of hydrogen-bond donors (Lipinski definition) is 3. The molecule has 2 aromatic rings. The van der Waals surface area contributed by atoms with Crippen molar-refractivity contribution >= 4 is 11.9 Å². The molecule has 0 aliphatic carbocycles. The number of carbonyl (C=O) groups excluding carboxylic acids is 1. The van der Waals surface area contributed by atoms with Crippen LogP contribution in [0.15, 0.2) is 30.9 Å². The lowest BCUT2D eigenvalue weighted by atomic mass is 10.2. The minimum atomic E-state index is -1.08. The Balaban J connectivity index is 1.94. The summed E-state index contributed by atoms with van der Waals surface area (Å²) in [4.78, 5) is 32.3. The number of carboxylic acid groups (broad SMARTS) is 1. The van der Waals surface area contributed by atoms with E-state index < -0.39 is 5.97 Å². The van der Waals surface area contributed by atoms with Gasteiger partial charge in [-0.25, -0.2) is 14.8 Å². The van der Waals surface area contributed by atoms with Crippen molar-refractivity contribution < 1.29 is 14.7 Å². The van der Waals surface area contributed by atoms with Gasteiger partial charge in [-0.1, -0.05) is 6.07 Å². The van der Waals surface area contributed by atoms with Gasteiger partial charge < -0.3 is 15.4 Å². The smallest absolute Gasteiger partial charge is 0.354 e. The highest BCUT2D eigenvalue weighted by atomic mass is 16.4. The third-order valence-electron chi connectivity index (χ3n) is 2.24. The Kier molecular flexibility index (Phi) is 3.33. The van der Waals surface area contributed by atoms with Crippen molar-refractivity contribution in [2.24, 2.45) is 0 Å². The fourth-order valence-electron chi connectivity index (χ4n) is 1.31. The molecule has 92 valence electrons. The maximum absolute atomic E-state index is 11.6. The van der Waals surface area contributed by atoms with Gasteiger partial charge in [-0.05, 0) is 11.6 Å². The van der Waals surface area contributed by atoms with E-state index in [1.165, 1.54) is 24.8 Å². The van der Waals surface area contributed by atoms with Crippen LogP contribution in [0.3, 0.4) is 0 Å². The van der Waals surface area contributed by atoms with E-state index in [0.29, 0.717) is 11.3 Å². The summed E-state index contributed by atoms with van der Waals surface area (Å²) >= 11 is 0. The Hall–Kier alpha value is -2.70. The van der Waals surface area contributed by atoms with E-state index in [9.17, 15) is 9.59 Å². The molecule has 1 amide bonds. The molecule has 0 radical (unpaired) electrons. The molecular formula is C11H10N4O3. The molecule has 0 saturated heterocycles. The second kappa shape index (κ2) is 5.09. The lowest BCUT2D eigenvalue weighted by molar-refractivity contribution is 0.0690. The van der Waals surface area contributed by atoms with E-state index in [2.05, 4.69) is 20.3 Å². The number of nitrogens with one attached hydrogen (secondary N) is 2. The van der Waals surface area contributed by atoms with Gasteiger partial charge in [0, 0.05) is 12.7 Å².